The average Bonchev–Trinajstić information content (AvgIpc) is 2.17. The monoisotopic (exact) mass is 230 g/mol. The van der Waals surface area contributed by atoms with Gasteiger partial charge in [-0.05, 0) is 18.6 Å². The average molecular weight is 231 g/mol. The molecule has 0 aliphatic rings. The third-order valence-electron chi connectivity index (χ3n) is 2.10. The van der Waals surface area contributed by atoms with Crippen molar-refractivity contribution >= 4 is 17.3 Å². The van der Waals surface area contributed by atoms with Crippen molar-refractivity contribution in [3.63, 3.8) is 0 Å². The Kier molecular flexibility index (Phi) is 3.28. The van der Waals surface area contributed by atoms with Gasteiger partial charge < -0.3 is 10.8 Å². The number of nitro benzene ring substituents is 1. The van der Waals surface area contributed by atoms with Gasteiger partial charge in [0.25, 0.3) is 5.69 Å². The molecule has 82 valence electrons. The Labute approximate surface area is 91.6 Å². The second kappa shape index (κ2) is 4.14. The topological polar surface area (TPSA) is 89.4 Å². The highest BCUT2D eigenvalue weighted by Gasteiger charge is 2.25. The third-order valence-corrected chi connectivity index (χ3v) is 2.43. The lowest BCUT2D eigenvalue weighted by Crippen LogP contribution is -2.37. The van der Waals surface area contributed by atoms with Crippen molar-refractivity contribution in [1.82, 2.24) is 0 Å². The molecular weight excluding hydrogens is 220 g/mol. The first kappa shape index (κ1) is 11.9. The van der Waals surface area contributed by atoms with E-state index in [4.69, 9.17) is 22.4 Å². The molecular formula is C9H11ClN2O3. The predicted molar refractivity (Wildman–Crippen MR) is 56.7 cm³/mol. The summed E-state index contributed by atoms with van der Waals surface area (Å²) in [7, 11) is 0. The van der Waals surface area contributed by atoms with Crippen LogP contribution in [0.3, 0.4) is 0 Å². The van der Waals surface area contributed by atoms with Crippen LogP contribution in [0.5, 0.6) is 0 Å². The number of nitro groups is 1. The number of halogens is 1. The van der Waals surface area contributed by atoms with Gasteiger partial charge in [-0.2, -0.15) is 0 Å². The Balaban J connectivity index is 3.28. The summed E-state index contributed by atoms with van der Waals surface area (Å²) in [6.07, 6.45) is 0. The summed E-state index contributed by atoms with van der Waals surface area (Å²) < 4.78 is 0. The number of hydrogen-bond acceptors (Lipinski definition) is 4. The minimum Gasteiger partial charge on any atom is -0.394 e. The van der Waals surface area contributed by atoms with Crippen LogP contribution in [0.1, 0.15) is 12.5 Å². The molecule has 3 N–H and O–H groups in total. The van der Waals surface area contributed by atoms with E-state index in [1.54, 1.807) is 6.92 Å². The van der Waals surface area contributed by atoms with Gasteiger partial charge in [-0.15, -0.1) is 0 Å². The van der Waals surface area contributed by atoms with Crippen LogP contribution in [-0.4, -0.2) is 16.6 Å². The number of rotatable bonds is 3. The minimum atomic E-state index is -1.08. The van der Waals surface area contributed by atoms with E-state index in [1.807, 2.05) is 0 Å². The van der Waals surface area contributed by atoms with Crippen molar-refractivity contribution in [3.05, 3.63) is 38.9 Å². The van der Waals surface area contributed by atoms with Crippen molar-refractivity contribution in [3.8, 4) is 0 Å². The highest BCUT2D eigenvalue weighted by molar-refractivity contribution is 6.31. The van der Waals surface area contributed by atoms with Crippen molar-refractivity contribution in [2.75, 3.05) is 6.61 Å². The van der Waals surface area contributed by atoms with Crippen LogP contribution in [0.15, 0.2) is 18.2 Å². The summed E-state index contributed by atoms with van der Waals surface area (Å²) in [4.78, 5) is 10.0. The zero-order chi connectivity index (χ0) is 11.6. The Hall–Kier alpha value is -1.17. The Morgan fingerprint density at radius 3 is 2.73 bits per heavy atom. The summed E-state index contributed by atoms with van der Waals surface area (Å²) in [5, 5.41) is 19.9. The molecule has 15 heavy (non-hydrogen) atoms. The highest BCUT2D eigenvalue weighted by atomic mass is 35.5. The standard InChI is InChI=1S/C9H11ClN2O3/c1-9(11,5-13)7-4-6(12(14)15)2-3-8(7)10/h2-4,13H,5,11H2,1H3. The molecule has 0 aliphatic heterocycles. The normalized spacial score (nSPS) is 14.7. The zero-order valence-corrected chi connectivity index (χ0v) is 8.86. The van der Waals surface area contributed by atoms with Crippen LogP contribution in [0.4, 0.5) is 5.69 Å². The number of aliphatic hydroxyl groups excluding tert-OH is 1. The Morgan fingerprint density at radius 1 is 1.67 bits per heavy atom. The molecule has 0 radical (unpaired) electrons. The lowest BCUT2D eigenvalue weighted by atomic mass is 9.94. The van der Waals surface area contributed by atoms with Crippen LogP contribution < -0.4 is 5.73 Å². The first-order valence-electron chi connectivity index (χ1n) is 4.22. The summed E-state index contributed by atoms with van der Waals surface area (Å²) in [5.74, 6) is 0. The number of hydrogen-bond donors (Lipinski definition) is 2. The maximum absolute atomic E-state index is 10.5. The fraction of sp³-hybridized carbons (Fsp3) is 0.333. The van der Waals surface area contributed by atoms with Crippen molar-refractivity contribution in [1.29, 1.82) is 0 Å². The fourth-order valence-electron chi connectivity index (χ4n) is 1.15. The maximum atomic E-state index is 10.5. The molecule has 0 fully saturated rings. The van der Waals surface area contributed by atoms with Gasteiger partial charge in [0.05, 0.1) is 17.1 Å². The molecule has 1 aromatic carbocycles. The maximum Gasteiger partial charge on any atom is 0.269 e. The van der Waals surface area contributed by atoms with E-state index in [9.17, 15) is 10.1 Å². The summed E-state index contributed by atoms with van der Waals surface area (Å²) in [6, 6.07) is 3.97. The van der Waals surface area contributed by atoms with Crippen molar-refractivity contribution in [2.24, 2.45) is 5.73 Å². The Bertz CT molecular complexity index is 393. The molecule has 0 saturated carbocycles. The van der Waals surface area contributed by atoms with Crippen LogP contribution in [0.25, 0.3) is 0 Å². The Morgan fingerprint density at radius 2 is 2.27 bits per heavy atom. The van der Waals surface area contributed by atoms with E-state index in [0.29, 0.717) is 10.6 Å². The van der Waals surface area contributed by atoms with Crippen LogP contribution in [-0.2, 0) is 5.54 Å². The van der Waals surface area contributed by atoms with E-state index < -0.39 is 10.5 Å². The van der Waals surface area contributed by atoms with Gasteiger partial charge in [0, 0.05) is 17.2 Å². The van der Waals surface area contributed by atoms with Gasteiger partial charge in [0.1, 0.15) is 0 Å². The van der Waals surface area contributed by atoms with E-state index in [-0.39, 0.29) is 12.3 Å². The number of benzene rings is 1. The summed E-state index contributed by atoms with van der Waals surface area (Å²) in [6.45, 7) is 1.21. The summed E-state index contributed by atoms with van der Waals surface area (Å²) in [5.41, 5.74) is 4.93. The number of aliphatic hydroxyl groups is 1. The molecule has 0 heterocycles. The molecule has 0 saturated heterocycles. The molecule has 0 spiro atoms. The molecule has 0 amide bonds. The number of nitrogens with two attached hydrogens (primary N) is 1. The van der Waals surface area contributed by atoms with E-state index in [1.165, 1.54) is 18.2 Å². The molecule has 1 rings (SSSR count). The number of non-ortho nitro benzene ring substituents is 1. The predicted octanol–water partition coefficient (Wildman–Crippen LogP) is 1.41. The van der Waals surface area contributed by atoms with E-state index in [0.717, 1.165) is 0 Å². The smallest absolute Gasteiger partial charge is 0.269 e. The molecule has 0 bridgehead atoms. The molecule has 5 nitrogen and oxygen atoms in total. The SMILES string of the molecule is CC(N)(CO)c1cc([N+](=O)[O-])ccc1Cl. The molecule has 0 aliphatic carbocycles. The first-order valence-corrected chi connectivity index (χ1v) is 4.60. The molecule has 1 aromatic rings. The van der Waals surface area contributed by atoms with Crippen LogP contribution in [0.2, 0.25) is 5.02 Å². The van der Waals surface area contributed by atoms with E-state index >= 15 is 0 Å². The van der Waals surface area contributed by atoms with Gasteiger partial charge in [0.15, 0.2) is 0 Å². The fourth-order valence-corrected chi connectivity index (χ4v) is 1.48. The second-order valence-electron chi connectivity index (χ2n) is 3.50. The van der Waals surface area contributed by atoms with E-state index in [2.05, 4.69) is 0 Å². The summed E-state index contributed by atoms with van der Waals surface area (Å²) >= 11 is 5.85. The lowest BCUT2D eigenvalue weighted by Gasteiger charge is -2.23. The number of nitrogens with zero attached hydrogens (tertiary/aromatic N) is 1. The van der Waals surface area contributed by atoms with Gasteiger partial charge in [0.2, 0.25) is 0 Å². The van der Waals surface area contributed by atoms with Gasteiger partial charge in [-0.25, -0.2) is 0 Å². The molecule has 1 unspecified atom stereocenters. The van der Waals surface area contributed by atoms with Crippen LogP contribution >= 0.6 is 11.6 Å². The lowest BCUT2D eigenvalue weighted by molar-refractivity contribution is -0.385. The zero-order valence-electron chi connectivity index (χ0n) is 8.11. The quantitative estimate of drug-likeness (QED) is 0.607. The highest BCUT2D eigenvalue weighted by Crippen LogP contribution is 2.29. The largest absolute Gasteiger partial charge is 0.394 e. The van der Waals surface area contributed by atoms with Crippen LogP contribution in [0, 0.1) is 10.1 Å². The van der Waals surface area contributed by atoms with Crippen molar-refractivity contribution in [2.45, 2.75) is 12.5 Å². The molecule has 0 aromatic heterocycles. The second-order valence-corrected chi connectivity index (χ2v) is 3.90. The van der Waals surface area contributed by atoms with Crippen molar-refractivity contribution < 1.29 is 10.0 Å². The van der Waals surface area contributed by atoms with Gasteiger partial charge >= 0.3 is 0 Å². The minimum absolute atomic E-state index is 0.0977. The first-order chi connectivity index (χ1) is 6.88. The van der Waals surface area contributed by atoms with Gasteiger partial charge in [-0.3, -0.25) is 10.1 Å². The third kappa shape index (κ3) is 2.44. The molecule has 6 heteroatoms. The molecule has 1 atom stereocenters. The van der Waals surface area contributed by atoms with Gasteiger partial charge in [-0.1, -0.05) is 11.6 Å².